The van der Waals surface area contributed by atoms with Crippen LogP contribution in [0, 0.1) is 3.57 Å². The molecule has 1 aromatic carbocycles. The van der Waals surface area contributed by atoms with Gasteiger partial charge in [0.05, 0.1) is 0 Å². The first-order chi connectivity index (χ1) is 8.66. The lowest BCUT2D eigenvalue weighted by atomic mass is 10.1. The Morgan fingerprint density at radius 1 is 1.33 bits per heavy atom. The van der Waals surface area contributed by atoms with Crippen LogP contribution in [0.25, 0.3) is 0 Å². The molecule has 1 heterocycles. The van der Waals surface area contributed by atoms with Crippen LogP contribution in [0.4, 0.5) is 0 Å². The lowest BCUT2D eigenvalue weighted by Gasteiger charge is -2.05. The van der Waals surface area contributed by atoms with E-state index in [1.165, 1.54) is 5.56 Å². The van der Waals surface area contributed by atoms with Crippen LogP contribution < -0.4 is 0 Å². The lowest BCUT2D eigenvalue weighted by molar-refractivity contribution is 0.0685. The maximum Gasteiger partial charge on any atom is 0.352 e. The van der Waals surface area contributed by atoms with Crippen LogP contribution in [-0.2, 0) is 0 Å². The van der Waals surface area contributed by atoms with Gasteiger partial charge in [0, 0.05) is 21.7 Å². The first kappa shape index (κ1) is 11.8. The van der Waals surface area contributed by atoms with Gasteiger partial charge in [0.25, 0.3) is 0 Å². The SMILES string of the molecule is O=C(O)c1cc(I)cn1C1CC1c1ccccc1. The summed E-state index contributed by atoms with van der Waals surface area (Å²) in [7, 11) is 0. The summed E-state index contributed by atoms with van der Waals surface area (Å²) in [5, 5.41) is 9.19. The standard InChI is InChI=1S/C14H12INO2/c15-10-6-13(14(17)18)16(8-10)12-7-11(12)9-4-2-1-3-5-9/h1-6,8,11-12H,7H2,(H,17,18). The van der Waals surface area contributed by atoms with Gasteiger partial charge in [-0.2, -0.15) is 0 Å². The minimum absolute atomic E-state index is 0.294. The molecule has 0 bridgehead atoms. The summed E-state index contributed by atoms with van der Waals surface area (Å²) >= 11 is 2.16. The number of aromatic carboxylic acids is 1. The van der Waals surface area contributed by atoms with Gasteiger partial charge in [0.1, 0.15) is 5.69 Å². The molecule has 92 valence electrons. The summed E-state index contributed by atoms with van der Waals surface area (Å²) in [6.07, 6.45) is 2.95. The van der Waals surface area contributed by atoms with Gasteiger partial charge in [-0.05, 0) is 40.6 Å². The van der Waals surface area contributed by atoms with Crippen molar-refractivity contribution in [3.05, 3.63) is 57.4 Å². The van der Waals surface area contributed by atoms with E-state index in [-0.39, 0.29) is 0 Å². The Labute approximate surface area is 119 Å². The number of rotatable bonds is 3. The first-order valence-corrected chi connectivity index (χ1v) is 6.90. The Bertz CT molecular complexity index is 591. The molecule has 2 unspecified atom stereocenters. The van der Waals surface area contributed by atoms with E-state index >= 15 is 0 Å². The first-order valence-electron chi connectivity index (χ1n) is 5.82. The van der Waals surface area contributed by atoms with Gasteiger partial charge < -0.3 is 9.67 Å². The third kappa shape index (κ3) is 2.05. The summed E-state index contributed by atoms with van der Waals surface area (Å²) in [5.41, 5.74) is 1.69. The maximum atomic E-state index is 11.2. The number of carboxylic acids is 1. The highest BCUT2D eigenvalue weighted by Crippen LogP contribution is 2.52. The van der Waals surface area contributed by atoms with Crippen molar-refractivity contribution in [2.45, 2.75) is 18.4 Å². The predicted molar refractivity (Wildman–Crippen MR) is 76.9 cm³/mol. The summed E-state index contributed by atoms with van der Waals surface area (Å²) in [6.45, 7) is 0. The predicted octanol–water partition coefficient (Wildman–Crippen LogP) is 3.52. The Morgan fingerprint density at radius 3 is 2.72 bits per heavy atom. The highest BCUT2D eigenvalue weighted by Gasteiger charge is 2.41. The molecule has 1 aliphatic carbocycles. The second-order valence-corrected chi connectivity index (χ2v) is 5.82. The normalized spacial score (nSPS) is 21.8. The van der Waals surface area contributed by atoms with Crippen LogP contribution in [0.1, 0.15) is 34.4 Å². The van der Waals surface area contributed by atoms with Crippen molar-refractivity contribution < 1.29 is 9.90 Å². The number of halogens is 1. The average Bonchev–Trinajstić information content (AvgIpc) is 3.06. The van der Waals surface area contributed by atoms with E-state index in [0.717, 1.165) is 9.99 Å². The molecule has 0 saturated heterocycles. The molecule has 1 aromatic heterocycles. The summed E-state index contributed by atoms with van der Waals surface area (Å²) in [5.74, 6) is -0.399. The monoisotopic (exact) mass is 353 g/mol. The Kier molecular flexibility index (Phi) is 2.89. The van der Waals surface area contributed by atoms with Crippen molar-refractivity contribution in [1.82, 2.24) is 4.57 Å². The average molecular weight is 353 g/mol. The van der Waals surface area contributed by atoms with Crippen LogP contribution in [0.5, 0.6) is 0 Å². The van der Waals surface area contributed by atoms with Gasteiger partial charge in [0.2, 0.25) is 0 Å². The van der Waals surface area contributed by atoms with Crippen molar-refractivity contribution >= 4 is 28.6 Å². The number of benzene rings is 1. The minimum atomic E-state index is -0.850. The fraction of sp³-hybridized carbons (Fsp3) is 0.214. The van der Waals surface area contributed by atoms with Crippen molar-refractivity contribution in [3.63, 3.8) is 0 Å². The molecule has 18 heavy (non-hydrogen) atoms. The minimum Gasteiger partial charge on any atom is -0.477 e. The third-order valence-corrected chi connectivity index (χ3v) is 3.97. The molecular weight excluding hydrogens is 341 g/mol. The largest absolute Gasteiger partial charge is 0.477 e. The third-order valence-electron chi connectivity index (χ3n) is 3.38. The van der Waals surface area contributed by atoms with Crippen LogP contribution in [0.15, 0.2) is 42.6 Å². The van der Waals surface area contributed by atoms with Gasteiger partial charge in [-0.3, -0.25) is 0 Å². The highest BCUT2D eigenvalue weighted by molar-refractivity contribution is 14.1. The van der Waals surface area contributed by atoms with Crippen LogP contribution in [0.2, 0.25) is 0 Å². The van der Waals surface area contributed by atoms with Crippen LogP contribution in [0.3, 0.4) is 0 Å². The molecule has 3 rings (SSSR count). The zero-order valence-electron chi connectivity index (χ0n) is 9.58. The zero-order chi connectivity index (χ0) is 12.7. The molecule has 1 aliphatic rings. The fourth-order valence-electron chi connectivity index (χ4n) is 2.44. The number of aromatic nitrogens is 1. The van der Waals surface area contributed by atoms with Crippen molar-refractivity contribution in [2.24, 2.45) is 0 Å². The van der Waals surface area contributed by atoms with Gasteiger partial charge in [0.15, 0.2) is 0 Å². The van der Waals surface area contributed by atoms with Gasteiger partial charge >= 0.3 is 5.97 Å². The quantitative estimate of drug-likeness (QED) is 0.858. The Morgan fingerprint density at radius 2 is 2.06 bits per heavy atom. The topological polar surface area (TPSA) is 42.2 Å². The van der Waals surface area contributed by atoms with Gasteiger partial charge in [-0.25, -0.2) is 4.79 Å². The second-order valence-electron chi connectivity index (χ2n) is 4.58. The number of carbonyl (C=O) groups is 1. The summed E-state index contributed by atoms with van der Waals surface area (Å²) in [6, 6.07) is 12.3. The van der Waals surface area contributed by atoms with Gasteiger partial charge in [-0.15, -0.1) is 0 Å². The Hall–Kier alpha value is -1.30. The molecule has 4 heteroatoms. The molecule has 1 saturated carbocycles. The molecule has 0 spiro atoms. The number of carboxylic acid groups (broad SMARTS) is 1. The molecular formula is C14H12INO2. The Balaban J connectivity index is 1.89. The van der Waals surface area contributed by atoms with Crippen molar-refractivity contribution in [3.8, 4) is 0 Å². The fourth-order valence-corrected chi connectivity index (χ4v) is 3.03. The number of hydrogen-bond acceptors (Lipinski definition) is 1. The smallest absolute Gasteiger partial charge is 0.352 e. The van der Waals surface area contributed by atoms with E-state index in [9.17, 15) is 9.90 Å². The highest BCUT2D eigenvalue weighted by atomic mass is 127. The van der Waals surface area contributed by atoms with E-state index in [1.807, 2.05) is 29.0 Å². The summed E-state index contributed by atoms with van der Waals surface area (Å²) in [4.78, 5) is 11.2. The zero-order valence-corrected chi connectivity index (χ0v) is 11.7. The van der Waals surface area contributed by atoms with E-state index in [2.05, 4.69) is 34.7 Å². The molecule has 0 radical (unpaired) electrons. The van der Waals surface area contributed by atoms with Crippen molar-refractivity contribution in [1.29, 1.82) is 0 Å². The van der Waals surface area contributed by atoms with E-state index in [4.69, 9.17) is 0 Å². The second kappa shape index (κ2) is 4.42. The van der Waals surface area contributed by atoms with E-state index in [0.29, 0.717) is 17.7 Å². The van der Waals surface area contributed by atoms with Gasteiger partial charge in [-0.1, -0.05) is 30.3 Å². The lowest BCUT2D eigenvalue weighted by Crippen LogP contribution is -2.06. The maximum absolute atomic E-state index is 11.2. The van der Waals surface area contributed by atoms with Crippen molar-refractivity contribution in [2.75, 3.05) is 0 Å². The molecule has 2 atom stereocenters. The molecule has 0 amide bonds. The molecule has 0 aliphatic heterocycles. The number of hydrogen-bond donors (Lipinski definition) is 1. The molecule has 3 nitrogen and oxygen atoms in total. The number of nitrogens with zero attached hydrogens (tertiary/aromatic N) is 1. The van der Waals surface area contributed by atoms with Crippen LogP contribution in [-0.4, -0.2) is 15.6 Å². The molecule has 1 fully saturated rings. The van der Waals surface area contributed by atoms with E-state index in [1.54, 1.807) is 6.07 Å². The summed E-state index contributed by atoms with van der Waals surface area (Å²) < 4.78 is 2.88. The van der Waals surface area contributed by atoms with E-state index < -0.39 is 5.97 Å². The molecule has 1 N–H and O–H groups in total. The molecule has 2 aromatic rings. The van der Waals surface area contributed by atoms with Crippen LogP contribution >= 0.6 is 22.6 Å².